The fourth-order valence-corrected chi connectivity index (χ4v) is 10.1. The van der Waals surface area contributed by atoms with Gasteiger partial charge in [-0.1, -0.05) is 164 Å². The molecule has 3 nitrogen and oxygen atoms in total. The average molecular weight is 778 g/mol. The van der Waals surface area contributed by atoms with Gasteiger partial charge in [0.25, 0.3) is 0 Å². The van der Waals surface area contributed by atoms with Crippen molar-refractivity contribution in [2.75, 3.05) is 0 Å². The summed E-state index contributed by atoms with van der Waals surface area (Å²) in [5.41, 5.74) is 13.6. The highest BCUT2D eigenvalue weighted by molar-refractivity contribution is 6.17. The predicted molar refractivity (Wildman–Crippen MR) is 255 cm³/mol. The second-order valence-corrected chi connectivity index (χ2v) is 16.4. The molecule has 61 heavy (non-hydrogen) atoms. The zero-order valence-electron chi connectivity index (χ0n) is 33.5. The number of hydrogen-bond acceptors (Lipinski definition) is 2. The van der Waals surface area contributed by atoms with Gasteiger partial charge in [-0.25, -0.2) is 4.98 Å². The predicted octanol–water partition coefficient (Wildman–Crippen LogP) is 13.5. The second kappa shape index (κ2) is 14.2. The summed E-state index contributed by atoms with van der Waals surface area (Å²) < 4.78 is 2.41. The van der Waals surface area contributed by atoms with Gasteiger partial charge in [0.05, 0.1) is 22.6 Å². The molecular formula is C58H39N3. The smallest absolute Gasteiger partial charge is 0.145 e. The first-order valence-electron chi connectivity index (χ1n) is 21.3. The number of hydrogen-bond donors (Lipinski definition) is 0. The third kappa shape index (κ3) is 5.68. The summed E-state index contributed by atoms with van der Waals surface area (Å²) in [4.78, 5) is 5.48. The monoisotopic (exact) mass is 777 g/mol. The van der Waals surface area contributed by atoms with Crippen LogP contribution in [0, 0.1) is 11.3 Å². The highest BCUT2D eigenvalue weighted by Gasteiger charge is 2.24. The molecule has 2 heterocycles. The third-order valence-electron chi connectivity index (χ3n) is 12.9. The largest absolute Gasteiger partial charge is 0.293 e. The van der Waals surface area contributed by atoms with E-state index >= 15 is 0 Å². The molecule has 0 radical (unpaired) electrons. The average Bonchev–Trinajstić information content (AvgIpc) is 3.68. The SMILES string of the molecule is N#CC1=CCC(c2c3ccccc3c(-c3ccc(-c4nc5ccccc5c5c(-c6ccc7c(c6)=CCCC=7)c6cc(-c7ccccc7)ccc6n45)cc3)c3ccccc23)C=C1. The molecular weight excluding hydrogens is 739 g/mol. The number of benzene rings is 8. The highest BCUT2D eigenvalue weighted by Crippen LogP contribution is 2.46. The van der Waals surface area contributed by atoms with Gasteiger partial charge in [0.15, 0.2) is 0 Å². The van der Waals surface area contributed by atoms with Gasteiger partial charge in [0, 0.05) is 33.4 Å². The van der Waals surface area contributed by atoms with E-state index in [0.717, 1.165) is 52.6 Å². The van der Waals surface area contributed by atoms with E-state index in [-0.39, 0.29) is 5.92 Å². The van der Waals surface area contributed by atoms with E-state index in [1.165, 1.54) is 81.8 Å². The normalized spacial score (nSPS) is 14.8. The number of rotatable bonds is 5. The van der Waals surface area contributed by atoms with Crippen LogP contribution in [0.1, 0.15) is 30.7 Å². The van der Waals surface area contributed by atoms with E-state index in [2.05, 4.69) is 199 Å². The van der Waals surface area contributed by atoms with Crippen LogP contribution in [-0.4, -0.2) is 9.38 Å². The van der Waals surface area contributed by atoms with Crippen molar-refractivity contribution in [1.82, 2.24) is 9.38 Å². The minimum atomic E-state index is 0.188. The maximum atomic E-state index is 9.55. The van der Waals surface area contributed by atoms with E-state index in [1.54, 1.807) is 0 Å². The lowest BCUT2D eigenvalue weighted by Crippen LogP contribution is -2.26. The maximum absolute atomic E-state index is 9.55. The molecule has 1 atom stereocenters. The number of para-hydroxylation sites is 1. The van der Waals surface area contributed by atoms with Gasteiger partial charge in [0.1, 0.15) is 5.82 Å². The van der Waals surface area contributed by atoms with E-state index in [1.807, 2.05) is 6.08 Å². The minimum absolute atomic E-state index is 0.188. The van der Waals surface area contributed by atoms with Crippen LogP contribution in [0.2, 0.25) is 0 Å². The molecule has 8 aromatic carbocycles. The van der Waals surface area contributed by atoms with Crippen molar-refractivity contribution in [2.45, 2.75) is 25.2 Å². The Bertz CT molecular complexity index is 3620. The van der Waals surface area contributed by atoms with Crippen molar-refractivity contribution in [3.8, 4) is 50.8 Å². The fraction of sp³-hybridized carbons (Fsp3) is 0.0690. The van der Waals surface area contributed by atoms with Crippen LogP contribution in [0.25, 0.3) is 106 Å². The summed E-state index contributed by atoms with van der Waals surface area (Å²) >= 11 is 0. The van der Waals surface area contributed by atoms with E-state index in [9.17, 15) is 5.26 Å². The lowest BCUT2D eigenvalue weighted by molar-refractivity contribution is 0.864. The number of nitrogens with zero attached hydrogens (tertiary/aromatic N) is 3. The first-order chi connectivity index (χ1) is 30.2. The van der Waals surface area contributed by atoms with Crippen molar-refractivity contribution >= 4 is 61.0 Å². The molecule has 2 aliphatic rings. The highest BCUT2D eigenvalue weighted by atomic mass is 15.0. The van der Waals surface area contributed by atoms with Crippen LogP contribution in [0.15, 0.2) is 188 Å². The summed E-state index contributed by atoms with van der Waals surface area (Å²) in [5.74, 6) is 1.10. The quantitative estimate of drug-likeness (QED) is 0.163. The summed E-state index contributed by atoms with van der Waals surface area (Å²) in [7, 11) is 0. The van der Waals surface area contributed by atoms with Crippen LogP contribution in [0.3, 0.4) is 0 Å². The fourth-order valence-electron chi connectivity index (χ4n) is 10.1. The zero-order valence-corrected chi connectivity index (χ0v) is 33.5. The minimum Gasteiger partial charge on any atom is -0.293 e. The van der Waals surface area contributed by atoms with Crippen LogP contribution < -0.4 is 10.4 Å². The van der Waals surface area contributed by atoms with Gasteiger partial charge in [-0.2, -0.15) is 5.26 Å². The Hall–Kier alpha value is -7.80. The lowest BCUT2D eigenvalue weighted by atomic mass is 9.81. The Morgan fingerprint density at radius 1 is 0.508 bits per heavy atom. The summed E-state index contributed by atoms with van der Waals surface area (Å²) in [6.45, 7) is 0. The molecule has 0 aliphatic heterocycles. The molecule has 286 valence electrons. The third-order valence-corrected chi connectivity index (χ3v) is 12.9. The van der Waals surface area contributed by atoms with Gasteiger partial charge in [-0.3, -0.25) is 4.40 Å². The molecule has 1 unspecified atom stereocenters. The molecule has 0 saturated carbocycles. The molecule has 3 heteroatoms. The van der Waals surface area contributed by atoms with Crippen LogP contribution in [-0.2, 0) is 0 Å². The molecule has 0 spiro atoms. The van der Waals surface area contributed by atoms with Crippen LogP contribution in [0.5, 0.6) is 0 Å². The molecule has 0 saturated heterocycles. The molecule has 2 aliphatic carbocycles. The van der Waals surface area contributed by atoms with Gasteiger partial charge in [0.2, 0.25) is 0 Å². The Labute approximate surface area is 353 Å². The van der Waals surface area contributed by atoms with Crippen molar-refractivity contribution in [3.05, 3.63) is 204 Å². The molecule has 12 rings (SSSR count). The topological polar surface area (TPSA) is 41.1 Å². The maximum Gasteiger partial charge on any atom is 0.145 e. The Morgan fingerprint density at radius 2 is 1.15 bits per heavy atom. The standard InChI is InChI=1S/C58H39N3/c59-36-37-22-24-40(25-23-37)54-46-16-6-8-18-48(46)55(49-19-9-7-17-47(49)54)41-27-29-42(30-28-41)58-60-52-21-11-10-20-50(52)57-56(45-31-26-39-14-4-5-15-43(39)34-45)51-35-44(32-33-53(51)61(57)58)38-12-2-1-3-13-38/h1-3,6-24,26-35,40H,4-5,25H2. The number of allylic oxidation sites excluding steroid dienone is 4. The molecule has 0 bridgehead atoms. The molecule has 0 N–H and O–H groups in total. The van der Waals surface area contributed by atoms with Crippen molar-refractivity contribution in [2.24, 2.45) is 0 Å². The first-order valence-corrected chi connectivity index (χ1v) is 21.3. The summed E-state index contributed by atoms with van der Waals surface area (Å²) in [5, 5.41) is 19.5. The number of aromatic nitrogens is 2. The molecule has 2 aromatic heterocycles. The first kappa shape index (κ1) is 35.2. The zero-order chi connectivity index (χ0) is 40.4. The number of fused-ring (bicyclic) bond motifs is 8. The Morgan fingerprint density at radius 3 is 1.87 bits per heavy atom. The van der Waals surface area contributed by atoms with Crippen LogP contribution >= 0.6 is 0 Å². The second-order valence-electron chi connectivity index (χ2n) is 16.4. The molecule has 10 aromatic rings. The number of nitriles is 1. The van der Waals surface area contributed by atoms with E-state index in [4.69, 9.17) is 4.98 Å². The van der Waals surface area contributed by atoms with Crippen molar-refractivity contribution in [1.29, 1.82) is 5.26 Å². The van der Waals surface area contributed by atoms with Gasteiger partial charge < -0.3 is 0 Å². The summed E-state index contributed by atoms with van der Waals surface area (Å²) in [6, 6.07) is 62.3. The van der Waals surface area contributed by atoms with Crippen molar-refractivity contribution in [3.63, 3.8) is 0 Å². The molecule has 0 amide bonds. The van der Waals surface area contributed by atoms with Gasteiger partial charge >= 0.3 is 0 Å². The lowest BCUT2D eigenvalue weighted by Gasteiger charge is -2.22. The van der Waals surface area contributed by atoms with Crippen molar-refractivity contribution < 1.29 is 0 Å². The van der Waals surface area contributed by atoms with Gasteiger partial charge in [-0.05, 0) is 115 Å². The molecule has 0 fully saturated rings. The van der Waals surface area contributed by atoms with E-state index < -0.39 is 0 Å². The summed E-state index contributed by atoms with van der Waals surface area (Å²) in [6.07, 6.45) is 14.0. The van der Waals surface area contributed by atoms with E-state index in [0.29, 0.717) is 0 Å². The van der Waals surface area contributed by atoms with Crippen LogP contribution in [0.4, 0.5) is 0 Å². The Balaban J connectivity index is 1.09. The van der Waals surface area contributed by atoms with Gasteiger partial charge in [-0.15, -0.1) is 0 Å². The Kier molecular flexibility index (Phi) is 8.18.